The van der Waals surface area contributed by atoms with Crippen LogP contribution in [0.25, 0.3) is 0 Å². The largest absolute Gasteiger partial charge is 0.369 e. The number of carbonyl (C=O) groups excluding carboxylic acids is 2. The minimum atomic E-state index is -0.282. The molecule has 4 N–H and O–H groups in total. The summed E-state index contributed by atoms with van der Waals surface area (Å²) in [5, 5.41) is 7.07. The number of carbonyl (C=O) groups is 2. The number of thioether (sulfide) groups is 1. The second kappa shape index (κ2) is 8.60. The lowest BCUT2D eigenvalue weighted by atomic mass is 10.1. The molecule has 2 rings (SSSR count). The number of primary amides is 1. The fraction of sp³-hybridized carbons (Fsp3) is 0.857. The van der Waals surface area contributed by atoms with E-state index in [2.05, 4.69) is 15.5 Å². The SMILES string of the molecule is NC(=O)CN1CCC(NC(=O)CSC2CCNCC2)CC1. The zero-order chi connectivity index (χ0) is 15.1. The summed E-state index contributed by atoms with van der Waals surface area (Å²) >= 11 is 1.78. The van der Waals surface area contributed by atoms with Crippen molar-refractivity contribution in [1.82, 2.24) is 15.5 Å². The average molecular weight is 314 g/mol. The summed E-state index contributed by atoms with van der Waals surface area (Å²) in [6, 6.07) is 0.246. The highest BCUT2D eigenvalue weighted by molar-refractivity contribution is 8.00. The van der Waals surface area contributed by atoms with E-state index in [0.717, 1.165) is 51.9 Å². The normalized spacial score (nSPS) is 22.1. The Bertz CT molecular complexity index is 353. The Morgan fingerprint density at radius 1 is 1.19 bits per heavy atom. The Labute approximate surface area is 130 Å². The second-order valence-corrected chi connectivity index (χ2v) is 7.13. The molecule has 2 fully saturated rings. The zero-order valence-corrected chi connectivity index (χ0v) is 13.3. The van der Waals surface area contributed by atoms with Gasteiger partial charge in [-0.1, -0.05) is 0 Å². The molecule has 0 aliphatic carbocycles. The first-order valence-corrected chi connectivity index (χ1v) is 8.80. The molecule has 0 spiro atoms. The summed E-state index contributed by atoms with van der Waals surface area (Å²) in [5.74, 6) is 0.425. The second-order valence-electron chi connectivity index (χ2n) is 5.84. The van der Waals surface area contributed by atoms with E-state index >= 15 is 0 Å². The number of hydrogen-bond acceptors (Lipinski definition) is 5. The van der Waals surface area contributed by atoms with Gasteiger partial charge in [-0.05, 0) is 38.8 Å². The molecule has 120 valence electrons. The summed E-state index contributed by atoms with van der Waals surface area (Å²) in [4.78, 5) is 24.9. The molecule has 7 heteroatoms. The third-order valence-corrected chi connectivity index (χ3v) is 5.44. The van der Waals surface area contributed by atoms with Crippen molar-refractivity contribution in [1.29, 1.82) is 0 Å². The van der Waals surface area contributed by atoms with Crippen molar-refractivity contribution < 1.29 is 9.59 Å². The Balaban J connectivity index is 1.59. The molecular weight excluding hydrogens is 288 g/mol. The number of hydrogen-bond donors (Lipinski definition) is 3. The number of piperidine rings is 2. The van der Waals surface area contributed by atoms with E-state index in [1.165, 1.54) is 0 Å². The highest BCUT2D eigenvalue weighted by atomic mass is 32.2. The average Bonchev–Trinajstić information content (AvgIpc) is 2.48. The van der Waals surface area contributed by atoms with E-state index in [1.807, 2.05) is 0 Å². The van der Waals surface area contributed by atoms with Crippen molar-refractivity contribution in [3.8, 4) is 0 Å². The van der Waals surface area contributed by atoms with Crippen LogP contribution >= 0.6 is 11.8 Å². The number of nitrogens with one attached hydrogen (secondary N) is 2. The van der Waals surface area contributed by atoms with Crippen molar-refractivity contribution in [3.63, 3.8) is 0 Å². The Morgan fingerprint density at radius 2 is 1.86 bits per heavy atom. The maximum atomic E-state index is 12.0. The molecule has 2 aliphatic rings. The summed E-state index contributed by atoms with van der Waals surface area (Å²) in [7, 11) is 0. The maximum absolute atomic E-state index is 12.0. The lowest BCUT2D eigenvalue weighted by Gasteiger charge is -2.31. The zero-order valence-electron chi connectivity index (χ0n) is 12.5. The first kappa shape index (κ1) is 16.6. The molecule has 0 atom stereocenters. The van der Waals surface area contributed by atoms with Gasteiger partial charge >= 0.3 is 0 Å². The quantitative estimate of drug-likeness (QED) is 0.617. The van der Waals surface area contributed by atoms with Gasteiger partial charge in [0, 0.05) is 24.4 Å². The molecule has 2 aliphatic heterocycles. The maximum Gasteiger partial charge on any atom is 0.231 e. The van der Waals surface area contributed by atoms with E-state index in [4.69, 9.17) is 5.73 Å². The molecule has 2 amide bonds. The van der Waals surface area contributed by atoms with Crippen LogP contribution < -0.4 is 16.4 Å². The van der Waals surface area contributed by atoms with Gasteiger partial charge in [0.2, 0.25) is 11.8 Å². The molecule has 0 radical (unpaired) electrons. The van der Waals surface area contributed by atoms with E-state index in [9.17, 15) is 9.59 Å². The Morgan fingerprint density at radius 3 is 2.48 bits per heavy atom. The van der Waals surface area contributed by atoms with Gasteiger partial charge in [0.1, 0.15) is 0 Å². The van der Waals surface area contributed by atoms with Gasteiger partial charge in [-0.15, -0.1) is 11.8 Å². The van der Waals surface area contributed by atoms with Gasteiger partial charge in [0.25, 0.3) is 0 Å². The molecule has 2 heterocycles. The molecule has 21 heavy (non-hydrogen) atoms. The van der Waals surface area contributed by atoms with Crippen molar-refractivity contribution >= 4 is 23.6 Å². The molecule has 0 unspecified atom stereocenters. The predicted octanol–water partition coefficient (Wildman–Crippen LogP) is -0.462. The van der Waals surface area contributed by atoms with Crippen LogP contribution in [0.15, 0.2) is 0 Å². The van der Waals surface area contributed by atoms with Crippen LogP contribution in [0, 0.1) is 0 Å². The highest BCUT2D eigenvalue weighted by Crippen LogP contribution is 2.20. The fourth-order valence-corrected chi connectivity index (χ4v) is 3.92. The standard InChI is InChI=1S/C14H26N4O2S/c15-13(19)9-18-7-3-11(4-8-18)17-14(20)10-21-12-1-5-16-6-2-12/h11-12,16H,1-10H2,(H2,15,19)(H,17,20). The van der Waals surface area contributed by atoms with Gasteiger partial charge < -0.3 is 16.4 Å². The van der Waals surface area contributed by atoms with Crippen LogP contribution in [-0.2, 0) is 9.59 Å². The minimum Gasteiger partial charge on any atom is -0.369 e. The van der Waals surface area contributed by atoms with E-state index in [0.29, 0.717) is 17.5 Å². The number of nitrogens with two attached hydrogens (primary N) is 1. The van der Waals surface area contributed by atoms with E-state index in [1.54, 1.807) is 11.8 Å². The number of rotatable bonds is 6. The topological polar surface area (TPSA) is 87.5 Å². The van der Waals surface area contributed by atoms with Crippen molar-refractivity contribution in [2.75, 3.05) is 38.5 Å². The van der Waals surface area contributed by atoms with Gasteiger partial charge in [0.15, 0.2) is 0 Å². The highest BCUT2D eigenvalue weighted by Gasteiger charge is 2.22. The molecular formula is C14H26N4O2S. The minimum absolute atomic E-state index is 0.145. The Kier molecular flexibility index (Phi) is 6.79. The van der Waals surface area contributed by atoms with E-state index < -0.39 is 0 Å². The molecule has 0 saturated carbocycles. The first-order chi connectivity index (χ1) is 10.1. The van der Waals surface area contributed by atoms with Crippen LogP contribution in [0.1, 0.15) is 25.7 Å². The predicted molar refractivity (Wildman–Crippen MR) is 85.1 cm³/mol. The number of likely N-dealkylation sites (tertiary alicyclic amines) is 1. The molecule has 6 nitrogen and oxygen atoms in total. The van der Waals surface area contributed by atoms with Crippen LogP contribution in [0.5, 0.6) is 0 Å². The van der Waals surface area contributed by atoms with Crippen LogP contribution in [0.4, 0.5) is 0 Å². The van der Waals surface area contributed by atoms with Gasteiger partial charge in [0.05, 0.1) is 12.3 Å². The first-order valence-electron chi connectivity index (χ1n) is 7.76. The molecule has 0 aromatic rings. The van der Waals surface area contributed by atoms with Gasteiger partial charge in [-0.3, -0.25) is 14.5 Å². The summed E-state index contributed by atoms with van der Waals surface area (Å²) < 4.78 is 0. The van der Waals surface area contributed by atoms with E-state index in [-0.39, 0.29) is 17.9 Å². The lowest BCUT2D eigenvalue weighted by molar-refractivity contribution is -0.121. The van der Waals surface area contributed by atoms with Crippen LogP contribution in [0.3, 0.4) is 0 Å². The molecule has 0 aromatic heterocycles. The fourth-order valence-electron chi connectivity index (χ4n) is 2.88. The Hall–Kier alpha value is -0.790. The van der Waals surface area contributed by atoms with Gasteiger partial charge in [-0.25, -0.2) is 0 Å². The lowest BCUT2D eigenvalue weighted by Crippen LogP contribution is -2.47. The third kappa shape index (κ3) is 6.23. The van der Waals surface area contributed by atoms with Crippen molar-refractivity contribution in [2.45, 2.75) is 37.0 Å². The summed E-state index contributed by atoms with van der Waals surface area (Å²) in [6.45, 7) is 4.12. The van der Waals surface area contributed by atoms with Crippen molar-refractivity contribution in [2.24, 2.45) is 5.73 Å². The summed E-state index contributed by atoms with van der Waals surface area (Å²) in [5.41, 5.74) is 5.19. The van der Waals surface area contributed by atoms with Gasteiger partial charge in [-0.2, -0.15) is 0 Å². The molecule has 2 saturated heterocycles. The van der Waals surface area contributed by atoms with Crippen molar-refractivity contribution in [3.05, 3.63) is 0 Å². The monoisotopic (exact) mass is 314 g/mol. The van der Waals surface area contributed by atoms with Crippen LogP contribution in [0.2, 0.25) is 0 Å². The number of nitrogens with zero attached hydrogens (tertiary/aromatic N) is 1. The molecule has 0 aromatic carbocycles. The number of amides is 2. The molecule has 0 bridgehead atoms. The smallest absolute Gasteiger partial charge is 0.231 e. The van der Waals surface area contributed by atoms with Crippen LogP contribution in [-0.4, -0.2) is 66.5 Å². The summed E-state index contributed by atoms with van der Waals surface area (Å²) in [6.07, 6.45) is 4.11. The third-order valence-electron chi connectivity index (χ3n) is 4.07.